The predicted octanol–water partition coefficient (Wildman–Crippen LogP) is 1.97. The summed E-state index contributed by atoms with van der Waals surface area (Å²) in [6.45, 7) is 3.42. The van der Waals surface area contributed by atoms with Gasteiger partial charge in [0.25, 0.3) is 5.91 Å². The number of hydrogen-bond acceptors (Lipinski definition) is 3. The van der Waals surface area contributed by atoms with Gasteiger partial charge in [-0.05, 0) is 36.8 Å². The highest BCUT2D eigenvalue weighted by Crippen LogP contribution is 2.16. The summed E-state index contributed by atoms with van der Waals surface area (Å²) < 4.78 is 5.44. The van der Waals surface area contributed by atoms with E-state index in [0.717, 1.165) is 29.9 Å². The summed E-state index contributed by atoms with van der Waals surface area (Å²) in [6.07, 6.45) is 2.39. The Labute approximate surface area is 93.4 Å². The monoisotopic (exact) mass is 225 g/mol. The molecule has 3 nitrogen and oxygen atoms in total. The molecule has 1 aliphatic heterocycles. The van der Waals surface area contributed by atoms with Crippen molar-refractivity contribution in [2.75, 3.05) is 13.2 Å². The van der Waals surface area contributed by atoms with Gasteiger partial charge in [0.15, 0.2) is 0 Å². The fraction of sp³-hybridized carbons (Fsp3) is 0.545. The lowest BCUT2D eigenvalue weighted by Gasteiger charge is -2.10. The Morgan fingerprint density at radius 3 is 3.20 bits per heavy atom. The van der Waals surface area contributed by atoms with Gasteiger partial charge in [-0.1, -0.05) is 0 Å². The lowest BCUT2D eigenvalue weighted by molar-refractivity contribution is 0.0860. The summed E-state index contributed by atoms with van der Waals surface area (Å²) in [5.74, 6) is 0.0259. The highest BCUT2D eigenvalue weighted by Gasteiger charge is 2.17. The van der Waals surface area contributed by atoms with Gasteiger partial charge in [0.2, 0.25) is 0 Å². The molecular weight excluding hydrogens is 210 g/mol. The Bertz CT molecular complexity index is 342. The van der Waals surface area contributed by atoms with Gasteiger partial charge in [-0.25, -0.2) is 0 Å². The van der Waals surface area contributed by atoms with Crippen LogP contribution in [0.5, 0.6) is 0 Å². The van der Waals surface area contributed by atoms with Crippen molar-refractivity contribution < 1.29 is 9.53 Å². The van der Waals surface area contributed by atoms with E-state index in [1.165, 1.54) is 11.3 Å². The third kappa shape index (κ3) is 2.58. The molecular formula is C11H15NO2S. The van der Waals surface area contributed by atoms with Gasteiger partial charge in [-0.15, -0.1) is 11.3 Å². The standard InChI is InChI=1S/C11H15NO2S/c1-8-4-6-15-10(8)11(13)12-7-9-3-2-5-14-9/h4,6,9H,2-3,5,7H2,1H3,(H,12,13)/t9-/m1/s1. The second-order valence-electron chi connectivity index (χ2n) is 3.78. The van der Waals surface area contributed by atoms with Gasteiger partial charge in [0.1, 0.15) is 0 Å². The van der Waals surface area contributed by atoms with Crippen molar-refractivity contribution in [1.82, 2.24) is 5.32 Å². The zero-order chi connectivity index (χ0) is 10.7. The summed E-state index contributed by atoms with van der Waals surface area (Å²) in [7, 11) is 0. The van der Waals surface area contributed by atoms with Crippen molar-refractivity contribution in [2.24, 2.45) is 0 Å². The first-order valence-corrected chi connectivity index (χ1v) is 6.09. The van der Waals surface area contributed by atoms with E-state index in [-0.39, 0.29) is 12.0 Å². The van der Waals surface area contributed by atoms with Crippen LogP contribution in [0.4, 0.5) is 0 Å². The van der Waals surface area contributed by atoms with Crippen LogP contribution in [-0.2, 0) is 4.74 Å². The van der Waals surface area contributed by atoms with Crippen molar-refractivity contribution in [3.05, 3.63) is 21.9 Å². The lowest BCUT2D eigenvalue weighted by Crippen LogP contribution is -2.31. The summed E-state index contributed by atoms with van der Waals surface area (Å²) in [4.78, 5) is 12.5. The van der Waals surface area contributed by atoms with Crippen molar-refractivity contribution in [2.45, 2.75) is 25.9 Å². The van der Waals surface area contributed by atoms with Crippen LogP contribution < -0.4 is 5.32 Å². The molecule has 2 rings (SSSR count). The van der Waals surface area contributed by atoms with Crippen molar-refractivity contribution in [3.63, 3.8) is 0 Å². The molecule has 15 heavy (non-hydrogen) atoms. The minimum atomic E-state index is 0.0259. The van der Waals surface area contributed by atoms with E-state index < -0.39 is 0 Å². The third-order valence-electron chi connectivity index (χ3n) is 2.58. The second-order valence-corrected chi connectivity index (χ2v) is 4.69. The Kier molecular flexibility index (Phi) is 3.38. The smallest absolute Gasteiger partial charge is 0.261 e. The fourth-order valence-corrected chi connectivity index (χ4v) is 2.54. The van der Waals surface area contributed by atoms with Crippen LogP contribution in [0, 0.1) is 6.92 Å². The molecule has 1 aromatic rings. The molecule has 2 heterocycles. The van der Waals surface area contributed by atoms with Crippen LogP contribution in [0.15, 0.2) is 11.4 Å². The van der Waals surface area contributed by atoms with Gasteiger partial charge in [-0.2, -0.15) is 0 Å². The summed E-state index contributed by atoms with van der Waals surface area (Å²) in [6, 6.07) is 1.96. The molecule has 0 radical (unpaired) electrons. The van der Waals surface area contributed by atoms with Crippen molar-refractivity contribution in [3.8, 4) is 0 Å². The first-order valence-electron chi connectivity index (χ1n) is 5.21. The molecule has 1 aromatic heterocycles. The molecule has 0 spiro atoms. The minimum Gasteiger partial charge on any atom is -0.376 e. The number of ether oxygens (including phenoxy) is 1. The first kappa shape index (κ1) is 10.6. The molecule has 1 N–H and O–H groups in total. The maximum atomic E-state index is 11.7. The molecule has 1 fully saturated rings. The molecule has 0 saturated carbocycles. The Hall–Kier alpha value is -0.870. The summed E-state index contributed by atoms with van der Waals surface area (Å²) >= 11 is 1.49. The number of carbonyl (C=O) groups is 1. The molecule has 1 saturated heterocycles. The number of thiophene rings is 1. The molecule has 1 atom stereocenters. The Morgan fingerprint density at radius 2 is 2.60 bits per heavy atom. The molecule has 82 valence electrons. The number of aryl methyl sites for hydroxylation is 1. The van der Waals surface area contributed by atoms with E-state index in [2.05, 4.69) is 5.32 Å². The number of carbonyl (C=O) groups excluding carboxylic acids is 1. The van der Waals surface area contributed by atoms with Crippen LogP contribution in [0.2, 0.25) is 0 Å². The Morgan fingerprint density at radius 1 is 1.73 bits per heavy atom. The number of rotatable bonds is 3. The topological polar surface area (TPSA) is 38.3 Å². The van der Waals surface area contributed by atoms with Gasteiger partial charge in [0.05, 0.1) is 11.0 Å². The number of nitrogens with one attached hydrogen (secondary N) is 1. The fourth-order valence-electron chi connectivity index (χ4n) is 1.70. The van der Waals surface area contributed by atoms with Crippen LogP contribution in [0.3, 0.4) is 0 Å². The molecule has 0 aromatic carbocycles. The van der Waals surface area contributed by atoms with Gasteiger partial charge in [0, 0.05) is 13.2 Å². The van der Waals surface area contributed by atoms with E-state index in [1.54, 1.807) is 0 Å². The molecule has 0 unspecified atom stereocenters. The van der Waals surface area contributed by atoms with E-state index in [9.17, 15) is 4.79 Å². The van der Waals surface area contributed by atoms with E-state index >= 15 is 0 Å². The molecule has 1 aliphatic rings. The highest BCUT2D eigenvalue weighted by molar-refractivity contribution is 7.12. The van der Waals surface area contributed by atoms with Crippen LogP contribution in [0.25, 0.3) is 0 Å². The zero-order valence-corrected chi connectivity index (χ0v) is 9.60. The second kappa shape index (κ2) is 4.77. The average Bonchev–Trinajstić information content (AvgIpc) is 2.84. The van der Waals surface area contributed by atoms with Crippen LogP contribution >= 0.6 is 11.3 Å². The first-order chi connectivity index (χ1) is 7.27. The van der Waals surface area contributed by atoms with Crippen LogP contribution in [-0.4, -0.2) is 25.2 Å². The molecule has 4 heteroatoms. The van der Waals surface area contributed by atoms with E-state index in [1.807, 2.05) is 18.4 Å². The quantitative estimate of drug-likeness (QED) is 0.854. The normalized spacial score (nSPS) is 20.5. The van der Waals surface area contributed by atoms with E-state index in [4.69, 9.17) is 4.74 Å². The molecule has 0 bridgehead atoms. The maximum Gasteiger partial charge on any atom is 0.261 e. The number of hydrogen-bond donors (Lipinski definition) is 1. The van der Waals surface area contributed by atoms with Crippen LogP contribution in [0.1, 0.15) is 28.1 Å². The van der Waals surface area contributed by atoms with Gasteiger partial charge >= 0.3 is 0 Å². The summed E-state index contributed by atoms with van der Waals surface area (Å²) in [5, 5.41) is 4.86. The zero-order valence-electron chi connectivity index (χ0n) is 8.79. The SMILES string of the molecule is Cc1ccsc1C(=O)NC[C@H]1CCCO1. The van der Waals surface area contributed by atoms with Crippen molar-refractivity contribution >= 4 is 17.2 Å². The predicted molar refractivity (Wildman–Crippen MR) is 60.4 cm³/mol. The Balaban J connectivity index is 1.84. The minimum absolute atomic E-state index is 0.0259. The summed E-state index contributed by atoms with van der Waals surface area (Å²) in [5.41, 5.74) is 1.05. The third-order valence-corrected chi connectivity index (χ3v) is 3.60. The number of amides is 1. The van der Waals surface area contributed by atoms with Crippen molar-refractivity contribution in [1.29, 1.82) is 0 Å². The maximum absolute atomic E-state index is 11.7. The lowest BCUT2D eigenvalue weighted by atomic mass is 10.2. The average molecular weight is 225 g/mol. The molecule has 0 aliphatic carbocycles. The van der Waals surface area contributed by atoms with Gasteiger partial charge < -0.3 is 10.1 Å². The largest absolute Gasteiger partial charge is 0.376 e. The molecule has 1 amide bonds. The highest BCUT2D eigenvalue weighted by atomic mass is 32.1. The van der Waals surface area contributed by atoms with Gasteiger partial charge in [-0.3, -0.25) is 4.79 Å². The van der Waals surface area contributed by atoms with E-state index in [0.29, 0.717) is 6.54 Å².